The van der Waals surface area contributed by atoms with Gasteiger partial charge in [0.15, 0.2) is 0 Å². The van der Waals surface area contributed by atoms with Crippen molar-refractivity contribution >= 4 is 23.0 Å². The van der Waals surface area contributed by atoms with Crippen LogP contribution in [0.2, 0.25) is 0 Å². The van der Waals surface area contributed by atoms with Crippen LogP contribution >= 0.6 is 0 Å². The standard InChI is InChI=1S/C19H19N3O2/c1-19(2,24)15-5-3-4-12(8-15)14-9-16-13(6-7-17(20)23)10-21-18(16)22-11-14/h3-11,24H,1-2H3,(H2,20,23)(H,21,22). The Morgan fingerprint density at radius 2 is 2.08 bits per heavy atom. The van der Waals surface area contributed by atoms with Gasteiger partial charge in [-0.25, -0.2) is 4.98 Å². The molecule has 3 aromatic rings. The molecule has 0 saturated heterocycles. The largest absolute Gasteiger partial charge is 0.386 e. The molecule has 0 aliphatic carbocycles. The summed E-state index contributed by atoms with van der Waals surface area (Å²) in [6, 6.07) is 9.74. The second-order valence-corrected chi connectivity index (χ2v) is 6.24. The minimum absolute atomic E-state index is 0.494. The molecule has 24 heavy (non-hydrogen) atoms. The Hall–Kier alpha value is -2.92. The number of primary amides is 1. The summed E-state index contributed by atoms with van der Waals surface area (Å²) < 4.78 is 0. The van der Waals surface area contributed by atoms with Gasteiger partial charge in [-0.05, 0) is 43.2 Å². The van der Waals surface area contributed by atoms with Gasteiger partial charge in [0.25, 0.3) is 0 Å². The molecule has 0 aliphatic rings. The van der Waals surface area contributed by atoms with E-state index in [1.54, 1.807) is 32.3 Å². The van der Waals surface area contributed by atoms with E-state index in [1.807, 2.05) is 30.3 Å². The highest BCUT2D eigenvalue weighted by Crippen LogP contribution is 2.28. The lowest BCUT2D eigenvalue weighted by atomic mass is 9.94. The summed E-state index contributed by atoms with van der Waals surface area (Å²) in [7, 11) is 0. The molecular formula is C19H19N3O2. The third-order valence-electron chi connectivity index (χ3n) is 3.89. The quantitative estimate of drug-likeness (QED) is 0.645. The summed E-state index contributed by atoms with van der Waals surface area (Å²) in [5.41, 5.74) is 8.57. The van der Waals surface area contributed by atoms with Crippen LogP contribution in [0.5, 0.6) is 0 Å². The van der Waals surface area contributed by atoms with Gasteiger partial charge < -0.3 is 15.8 Å². The average molecular weight is 321 g/mol. The first kappa shape index (κ1) is 16.0. The van der Waals surface area contributed by atoms with Crippen molar-refractivity contribution in [3.8, 4) is 11.1 Å². The lowest BCUT2D eigenvalue weighted by Crippen LogP contribution is -2.15. The third kappa shape index (κ3) is 3.21. The maximum absolute atomic E-state index is 10.9. The number of aromatic nitrogens is 2. The number of carbonyl (C=O) groups excluding carboxylic acids is 1. The lowest BCUT2D eigenvalue weighted by molar-refractivity contribution is -0.113. The first-order chi connectivity index (χ1) is 11.3. The number of nitrogens with zero attached hydrogens (tertiary/aromatic N) is 1. The van der Waals surface area contributed by atoms with Crippen LogP contribution in [0.4, 0.5) is 0 Å². The molecule has 1 aromatic carbocycles. The zero-order chi connectivity index (χ0) is 17.3. The SMILES string of the molecule is CC(C)(O)c1cccc(-c2cnc3[nH]cc(C=CC(N)=O)c3c2)c1. The molecule has 0 aliphatic heterocycles. The predicted molar refractivity (Wildman–Crippen MR) is 95.0 cm³/mol. The average Bonchev–Trinajstić information content (AvgIpc) is 2.94. The van der Waals surface area contributed by atoms with E-state index < -0.39 is 11.5 Å². The maximum Gasteiger partial charge on any atom is 0.241 e. The highest BCUT2D eigenvalue weighted by molar-refractivity contribution is 5.95. The summed E-state index contributed by atoms with van der Waals surface area (Å²) in [5.74, 6) is -0.494. The third-order valence-corrected chi connectivity index (χ3v) is 3.89. The van der Waals surface area contributed by atoms with Crippen molar-refractivity contribution in [3.63, 3.8) is 0 Å². The Kier molecular flexibility index (Phi) is 3.95. The van der Waals surface area contributed by atoms with Crippen LogP contribution in [-0.4, -0.2) is 21.0 Å². The number of hydrogen-bond acceptors (Lipinski definition) is 3. The molecule has 122 valence electrons. The van der Waals surface area contributed by atoms with E-state index in [0.29, 0.717) is 0 Å². The van der Waals surface area contributed by atoms with Crippen molar-refractivity contribution in [2.24, 2.45) is 5.73 Å². The van der Waals surface area contributed by atoms with Crippen molar-refractivity contribution in [3.05, 3.63) is 59.9 Å². The molecule has 5 heteroatoms. The zero-order valence-electron chi connectivity index (χ0n) is 13.6. The number of nitrogens with two attached hydrogens (primary N) is 1. The van der Waals surface area contributed by atoms with Crippen molar-refractivity contribution in [1.29, 1.82) is 0 Å². The highest BCUT2D eigenvalue weighted by Gasteiger charge is 2.16. The van der Waals surface area contributed by atoms with Crippen molar-refractivity contribution in [2.75, 3.05) is 0 Å². The number of fused-ring (bicyclic) bond motifs is 1. The molecule has 0 fully saturated rings. The minimum Gasteiger partial charge on any atom is -0.386 e. The number of nitrogens with one attached hydrogen (secondary N) is 1. The fraction of sp³-hybridized carbons (Fsp3) is 0.158. The summed E-state index contributed by atoms with van der Waals surface area (Å²) >= 11 is 0. The summed E-state index contributed by atoms with van der Waals surface area (Å²) in [6.07, 6.45) is 6.56. The number of amides is 1. The van der Waals surface area contributed by atoms with E-state index in [0.717, 1.165) is 33.3 Å². The number of pyridine rings is 1. The maximum atomic E-state index is 10.9. The molecule has 0 atom stereocenters. The Morgan fingerprint density at radius 3 is 2.79 bits per heavy atom. The van der Waals surface area contributed by atoms with Crippen LogP contribution in [0.1, 0.15) is 25.0 Å². The second-order valence-electron chi connectivity index (χ2n) is 6.24. The number of carbonyl (C=O) groups is 1. The predicted octanol–water partition coefficient (Wildman–Crippen LogP) is 2.96. The van der Waals surface area contributed by atoms with E-state index in [2.05, 4.69) is 9.97 Å². The van der Waals surface area contributed by atoms with E-state index in [9.17, 15) is 9.90 Å². The minimum atomic E-state index is -0.906. The second kappa shape index (κ2) is 5.94. The molecule has 2 heterocycles. The Morgan fingerprint density at radius 1 is 1.29 bits per heavy atom. The van der Waals surface area contributed by atoms with Crippen molar-refractivity contribution < 1.29 is 9.90 Å². The van der Waals surface area contributed by atoms with Gasteiger partial charge in [0.05, 0.1) is 5.60 Å². The van der Waals surface area contributed by atoms with Crippen LogP contribution in [-0.2, 0) is 10.4 Å². The number of H-pyrrole nitrogens is 1. The topological polar surface area (TPSA) is 92.0 Å². The van der Waals surface area contributed by atoms with Crippen LogP contribution < -0.4 is 5.73 Å². The molecule has 0 unspecified atom stereocenters. The van der Waals surface area contributed by atoms with E-state index in [1.165, 1.54) is 6.08 Å². The smallest absolute Gasteiger partial charge is 0.241 e. The van der Waals surface area contributed by atoms with Crippen LogP contribution in [0.15, 0.2) is 48.8 Å². The van der Waals surface area contributed by atoms with Crippen molar-refractivity contribution in [2.45, 2.75) is 19.4 Å². The molecule has 2 aromatic heterocycles. The first-order valence-electron chi connectivity index (χ1n) is 7.62. The van der Waals surface area contributed by atoms with Gasteiger partial charge in [-0.3, -0.25) is 4.79 Å². The van der Waals surface area contributed by atoms with Gasteiger partial charge in [-0.1, -0.05) is 18.2 Å². The van der Waals surface area contributed by atoms with Gasteiger partial charge >= 0.3 is 0 Å². The number of aromatic amines is 1. The van der Waals surface area contributed by atoms with E-state index in [-0.39, 0.29) is 0 Å². The lowest BCUT2D eigenvalue weighted by Gasteiger charge is -2.18. The number of rotatable bonds is 4. The van der Waals surface area contributed by atoms with Gasteiger partial charge in [0, 0.05) is 35.0 Å². The molecule has 5 nitrogen and oxygen atoms in total. The van der Waals surface area contributed by atoms with E-state index in [4.69, 9.17) is 5.73 Å². The number of hydrogen-bond donors (Lipinski definition) is 3. The van der Waals surface area contributed by atoms with Gasteiger partial charge in [0.2, 0.25) is 5.91 Å². The normalized spacial score (nSPS) is 12.1. The molecule has 4 N–H and O–H groups in total. The molecule has 0 spiro atoms. The molecule has 3 rings (SSSR count). The van der Waals surface area contributed by atoms with E-state index >= 15 is 0 Å². The van der Waals surface area contributed by atoms with Crippen LogP contribution in [0, 0.1) is 0 Å². The molecule has 0 bridgehead atoms. The molecule has 1 amide bonds. The van der Waals surface area contributed by atoms with Gasteiger partial charge in [-0.2, -0.15) is 0 Å². The van der Waals surface area contributed by atoms with Crippen LogP contribution in [0.25, 0.3) is 28.2 Å². The Labute approximate surface area is 139 Å². The highest BCUT2D eigenvalue weighted by atomic mass is 16.3. The Bertz CT molecular complexity index is 933. The first-order valence-corrected chi connectivity index (χ1v) is 7.62. The molecule has 0 saturated carbocycles. The summed E-state index contributed by atoms with van der Waals surface area (Å²) in [4.78, 5) is 18.4. The van der Waals surface area contributed by atoms with Gasteiger partial charge in [-0.15, -0.1) is 0 Å². The molecule has 0 radical (unpaired) electrons. The summed E-state index contributed by atoms with van der Waals surface area (Å²) in [5, 5.41) is 11.1. The fourth-order valence-electron chi connectivity index (χ4n) is 2.57. The monoisotopic (exact) mass is 321 g/mol. The summed E-state index contributed by atoms with van der Waals surface area (Å²) in [6.45, 7) is 3.51. The number of benzene rings is 1. The van der Waals surface area contributed by atoms with Crippen molar-refractivity contribution in [1.82, 2.24) is 9.97 Å². The number of aliphatic hydroxyl groups is 1. The van der Waals surface area contributed by atoms with Crippen LogP contribution in [0.3, 0.4) is 0 Å². The Balaban J connectivity index is 2.08. The fourth-order valence-corrected chi connectivity index (χ4v) is 2.57. The zero-order valence-corrected chi connectivity index (χ0v) is 13.6. The molecular weight excluding hydrogens is 302 g/mol. The van der Waals surface area contributed by atoms with Gasteiger partial charge in [0.1, 0.15) is 5.65 Å².